The maximum absolute atomic E-state index is 12.6. The van der Waals surface area contributed by atoms with Crippen LogP contribution in [-0.4, -0.2) is 45.9 Å². The predicted molar refractivity (Wildman–Crippen MR) is 125 cm³/mol. The SMILES string of the molecule is Cc1cc(Nc2nc(-c3cncnc3)cc3c2C(=O)[N]C=C3)ccc1C1CCN(C)CC1. The number of carbonyl (C=O) groups excluding carboxylic acids is 1. The highest BCUT2D eigenvalue weighted by Gasteiger charge is 2.23. The summed E-state index contributed by atoms with van der Waals surface area (Å²) in [5.74, 6) is 0.789. The van der Waals surface area contributed by atoms with E-state index in [1.54, 1.807) is 12.4 Å². The number of nitrogens with one attached hydrogen (secondary N) is 1. The van der Waals surface area contributed by atoms with Crippen LogP contribution in [0.2, 0.25) is 0 Å². The Morgan fingerprint density at radius 2 is 1.88 bits per heavy atom. The van der Waals surface area contributed by atoms with E-state index >= 15 is 0 Å². The molecule has 1 saturated heterocycles. The maximum atomic E-state index is 12.6. The number of aromatic nitrogens is 3. The number of aryl methyl sites for hydroxylation is 1. The Bertz CT molecular complexity index is 1180. The fourth-order valence-corrected chi connectivity index (χ4v) is 4.51. The molecule has 1 fully saturated rings. The summed E-state index contributed by atoms with van der Waals surface area (Å²) in [6, 6.07) is 8.30. The topological polar surface area (TPSA) is 85.1 Å². The first-order valence-electron chi connectivity index (χ1n) is 10.9. The minimum atomic E-state index is -0.298. The number of benzene rings is 1. The average molecular weight is 426 g/mol. The highest BCUT2D eigenvalue weighted by atomic mass is 16.1. The van der Waals surface area contributed by atoms with E-state index in [9.17, 15) is 4.79 Å². The molecular weight excluding hydrogens is 400 g/mol. The van der Waals surface area contributed by atoms with Crippen LogP contribution < -0.4 is 10.6 Å². The summed E-state index contributed by atoms with van der Waals surface area (Å²) in [5.41, 5.74) is 6.30. The van der Waals surface area contributed by atoms with Gasteiger partial charge in [-0.05, 0) is 86.8 Å². The smallest absolute Gasteiger partial charge is 0.281 e. The molecule has 0 atom stereocenters. The molecule has 7 heteroatoms. The third-order valence-corrected chi connectivity index (χ3v) is 6.26. The van der Waals surface area contributed by atoms with Crippen molar-refractivity contribution in [2.75, 3.05) is 25.5 Å². The molecule has 7 nitrogen and oxygen atoms in total. The van der Waals surface area contributed by atoms with E-state index < -0.39 is 0 Å². The van der Waals surface area contributed by atoms with Gasteiger partial charge in [-0.25, -0.2) is 20.3 Å². The summed E-state index contributed by atoms with van der Waals surface area (Å²) in [6.07, 6.45) is 10.6. The summed E-state index contributed by atoms with van der Waals surface area (Å²) in [4.78, 5) is 27.9. The Morgan fingerprint density at radius 1 is 1.09 bits per heavy atom. The second-order valence-electron chi connectivity index (χ2n) is 8.47. The van der Waals surface area contributed by atoms with E-state index in [1.165, 1.54) is 36.5 Å². The molecule has 0 saturated carbocycles. The van der Waals surface area contributed by atoms with E-state index in [-0.39, 0.29) is 5.91 Å². The molecule has 2 aliphatic rings. The minimum Gasteiger partial charge on any atom is -0.340 e. The monoisotopic (exact) mass is 425 g/mol. The van der Waals surface area contributed by atoms with Crippen molar-refractivity contribution >= 4 is 23.5 Å². The molecule has 5 rings (SSSR count). The molecule has 2 aliphatic heterocycles. The number of carbonyl (C=O) groups is 1. The molecule has 1 N–H and O–H groups in total. The van der Waals surface area contributed by atoms with Crippen molar-refractivity contribution in [1.82, 2.24) is 25.2 Å². The van der Waals surface area contributed by atoms with Crippen LogP contribution in [0.4, 0.5) is 11.5 Å². The molecule has 4 heterocycles. The van der Waals surface area contributed by atoms with Crippen molar-refractivity contribution in [3.63, 3.8) is 0 Å². The van der Waals surface area contributed by atoms with E-state index in [0.717, 1.165) is 29.9 Å². The lowest BCUT2D eigenvalue weighted by Gasteiger charge is -2.30. The Kier molecular flexibility index (Phi) is 5.41. The van der Waals surface area contributed by atoms with Crippen LogP contribution in [0.3, 0.4) is 0 Å². The van der Waals surface area contributed by atoms with Crippen LogP contribution in [-0.2, 0) is 0 Å². The normalized spacial score (nSPS) is 16.5. The number of pyridine rings is 1. The zero-order valence-corrected chi connectivity index (χ0v) is 18.2. The van der Waals surface area contributed by atoms with E-state index in [4.69, 9.17) is 4.98 Å². The van der Waals surface area contributed by atoms with Gasteiger partial charge in [0.15, 0.2) is 0 Å². The van der Waals surface area contributed by atoms with Crippen LogP contribution in [0.25, 0.3) is 17.3 Å². The summed E-state index contributed by atoms with van der Waals surface area (Å²) < 4.78 is 0. The largest absolute Gasteiger partial charge is 0.340 e. The summed E-state index contributed by atoms with van der Waals surface area (Å²) >= 11 is 0. The summed E-state index contributed by atoms with van der Waals surface area (Å²) in [7, 11) is 2.18. The van der Waals surface area contributed by atoms with Gasteiger partial charge in [-0.1, -0.05) is 6.07 Å². The van der Waals surface area contributed by atoms with Crippen LogP contribution in [0, 0.1) is 6.92 Å². The molecule has 1 amide bonds. The van der Waals surface area contributed by atoms with Crippen LogP contribution in [0.5, 0.6) is 0 Å². The van der Waals surface area contributed by atoms with Gasteiger partial charge in [0.2, 0.25) is 0 Å². The Hall–Kier alpha value is -3.58. The van der Waals surface area contributed by atoms with Gasteiger partial charge in [0.1, 0.15) is 12.1 Å². The average Bonchev–Trinajstić information content (AvgIpc) is 2.80. The number of anilines is 2. The summed E-state index contributed by atoms with van der Waals surface area (Å²) in [6.45, 7) is 4.42. The molecule has 0 spiro atoms. The molecule has 1 aromatic carbocycles. The quantitative estimate of drug-likeness (QED) is 0.677. The molecule has 161 valence electrons. The van der Waals surface area contributed by atoms with E-state index in [2.05, 4.69) is 57.7 Å². The lowest BCUT2D eigenvalue weighted by Crippen LogP contribution is -2.29. The molecular formula is C25H25N6O. The van der Waals surface area contributed by atoms with Gasteiger partial charge in [0.25, 0.3) is 5.91 Å². The number of rotatable bonds is 4. The lowest BCUT2D eigenvalue weighted by atomic mass is 9.87. The van der Waals surface area contributed by atoms with Gasteiger partial charge < -0.3 is 10.2 Å². The molecule has 0 unspecified atom stereocenters. The standard InChI is InChI=1S/C25H25N6O/c1-16-11-20(3-4-21(16)17-6-9-31(2)10-7-17)29-24-23-18(5-8-28-25(23)32)12-22(30-24)19-13-26-15-27-14-19/h3-5,8,11-15,17H,6-7,9-10H2,1-2H3,(H,29,30). The zero-order valence-electron chi connectivity index (χ0n) is 18.2. The van der Waals surface area contributed by atoms with Gasteiger partial charge in [-0.2, -0.15) is 0 Å². The Labute approximate surface area is 187 Å². The first kappa shape index (κ1) is 20.3. The van der Waals surface area contributed by atoms with Gasteiger partial charge in [-0.15, -0.1) is 0 Å². The first-order chi connectivity index (χ1) is 15.6. The molecule has 1 radical (unpaired) electrons. The molecule has 2 aromatic heterocycles. The van der Waals surface area contributed by atoms with Crippen LogP contribution in [0.15, 0.2) is 49.2 Å². The summed E-state index contributed by atoms with van der Waals surface area (Å²) in [5, 5.41) is 7.32. The van der Waals surface area contributed by atoms with Crippen LogP contribution in [0.1, 0.15) is 45.8 Å². The van der Waals surface area contributed by atoms with Gasteiger partial charge in [0.05, 0.1) is 11.3 Å². The van der Waals surface area contributed by atoms with Crippen molar-refractivity contribution < 1.29 is 4.79 Å². The second kappa shape index (κ2) is 8.51. The Balaban J connectivity index is 1.49. The van der Waals surface area contributed by atoms with Gasteiger partial charge >= 0.3 is 0 Å². The fourth-order valence-electron chi connectivity index (χ4n) is 4.51. The number of fused-ring (bicyclic) bond motifs is 1. The number of amides is 1. The van der Waals surface area contributed by atoms with Crippen molar-refractivity contribution in [3.05, 3.63) is 71.4 Å². The predicted octanol–water partition coefficient (Wildman–Crippen LogP) is 4.13. The number of nitrogens with zero attached hydrogens (tertiary/aromatic N) is 5. The molecule has 3 aromatic rings. The fraction of sp³-hybridized carbons (Fsp3) is 0.280. The second-order valence-corrected chi connectivity index (χ2v) is 8.47. The molecule has 0 aliphatic carbocycles. The first-order valence-corrected chi connectivity index (χ1v) is 10.9. The third kappa shape index (κ3) is 3.99. The third-order valence-electron chi connectivity index (χ3n) is 6.26. The highest BCUT2D eigenvalue weighted by molar-refractivity contribution is 6.05. The van der Waals surface area contributed by atoms with E-state index in [0.29, 0.717) is 23.0 Å². The number of hydrogen-bond donors (Lipinski definition) is 1. The van der Waals surface area contributed by atoms with Crippen molar-refractivity contribution in [2.45, 2.75) is 25.7 Å². The minimum absolute atomic E-state index is 0.298. The highest BCUT2D eigenvalue weighted by Crippen LogP contribution is 2.33. The Morgan fingerprint density at radius 3 is 2.62 bits per heavy atom. The van der Waals surface area contributed by atoms with Gasteiger partial charge in [0, 0.05) is 29.8 Å². The number of hydrogen-bond acceptors (Lipinski definition) is 6. The van der Waals surface area contributed by atoms with Crippen molar-refractivity contribution in [3.8, 4) is 11.3 Å². The van der Waals surface area contributed by atoms with Gasteiger partial charge in [-0.3, -0.25) is 4.79 Å². The molecule has 32 heavy (non-hydrogen) atoms. The zero-order chi connectivity index (χ0) is 22.1. The van der Waals surface area contributed by atoms with Crippen LogP contribution >= 0.6 is 0 Å². The maximum Gasteiger partial charge on any atom is 0.281 e. The lowest BCUT2D eigenvalue weighted by molar-refractivity contribution is 0.0965. The van der Waals surface area contributed by atoms with Crippen molar-refractivity contribution in [1.29, 1.82) is 0 Å². The molecule has 0 bridgehead atoms. The number of piperidine rings is 1. The van der Waals surface area contributed by atoms with Crippen molar-refractivity contribution in [2.24, 2.45) is 0 Å². The van der Waals surface area contributed by atoms with E-state index in [1.807, 2.05) is 12.1 Å². The number of likely N-dealkylation sites (tertiary alicyclic amines) is 1.